The van der Waals surface area contributed by atoms with E-state index in [0.717, 1.165) is 110 Å². The summed E-state index contributed by atoms with van der Waals surface area (Å²) in [5, 5.41) is 8.92. The zero-order chi connectivity index (χ0) is 36.9. The number of rotatable bonds is 8. The fraction of sp³-hybridized carbons (Fsp3) is 0.550. The van der Waals surface area contributed by atoms with E-state index in [9.17, 15) is 18.0 Å². The molecule has 0 radical (unpaired) electrons. The van der Waals surface area contributed by atoms with Gasteiger partial charge in [0, 0.05) is 80.2 Å². The second-order valence-corrected chi connectivity index (χ2v) is 17.0. The lowest BCUT2D eigenvalue weighted by atomic mass is 9.72. The van der Waals surface area contributed by atoms with Crippen LogP contribution in [-0.4, -0.2) is 107 Å². The van der Waals surface area contributed by atoms with Gasteiger partial charge in [-0.05, 0) is 85.3 Å². The summed E-state index contributed by atoms with van der Waals surface area (Å²) >= 11 is 0. The van der Waals surface area contributed by atoms with Gasteiger partial charge in [-0.15, -0.1) is 0 Å². The van der Waals surface area contributed by atoms with Gasteiger partial charge >= 0.3 is 6.18 Å². The number of benzene rings is 2. The monoisotopic (exact) mass is 728 g/mol. The molecular weight excluding hydrogens is 681 g/mol. The summed E-state index contributed by atoms with van der Waals surface area (Å²) in [6, 6.07) is 6.45. The second-order valence-electron chi connectivity index (χ2n) is 17.0. The van der Waals surface area contributed by atoms with Crippen LogP contribution in [0.2, 0.25) is 0 Å². The number of H-pyrrole nitrogens is 1. The number of halogens is 3. The molecule has 1 amide bonds. The molecule has 1 atom stereocenters. The SMILES string of the molecule is C=CC(=O)N1CC2(CCN(c3nc(N4CC[C@@H](N5CC(C)(C)C5)C4)nc4c(OCC(F)(F)F)c(-c5c(C)ccc6[nH]ncc56)c(C5CC5)cc34)CC2)C1. The standard InChI is InChI=1S/C40H47F3N8O2/c1-5-31(52)51-21-39(22-51)11-14-48(15-12-39)36-28-16-27(25-7-8-25)33(32-24(2)6-9-30-29(32)17-44-47-30)35(53-23-40(41,42)43)34(28)45-37(46-36)49-13-10-26(18-49)50-19-38(3,4)20-50/h5-6,9,16-17,25-26H,1,7-8,10-15,18-23H2,2-4H3,(H,44,47)/t26-/m1/s1. The first-order chi connectivity index (χ1) is 25.3. The number of fused-ring (bicyclic) bond motifs is 2. The number of hydrogen-bond donors (Lipinski definition) is 1. The number of nitrogens with zero attached hydrogens (tertiary/aromatic N) is 7. The maximum absolute atomic E-state index is 14.1. The first-order valence-corrected chi connectivity index (χ1v) is 19.0. The van der Waals surface area contributed by atoms with Crippen LogP contribution >= 0.6 is 0 Å². The van der Waals surface area contributed by atoms with Gasteiger partial charge < -0.3 is 19.4 Å². The molecule has 53 heavy (non-hydrogen) atoms. The predicted molar refractivity (Wildman–Crippen MR) is 200 cm³/mol. The van der Waals surface area contributed by atoms with Gasteiger partial charge in [0.25, 0.3) is 0 Å². The molecule has 0 unspecified atom stereocenters. The van der Waals surface area contributed by atoms with Crippen molar-refractivity contribution in [3.8, 4) is 16.9 Å². The molecule has 1 N–H and O–H groups in total. The van der Waals surface area contributed by atoms with E-state index in [0.29, 0.717) is 41.6 Å². The number of carbonyl (C=O) groups excluding carboxylic acids is 1. The van der Waals surface area contributed by atoms with E-state index in [1.54, 1.807) is 6.20 Å². The highest BCUT2D eigenvalue weighted by Crippen LogP contribution is 2.53. The third-order valence-corrected chi connectivity index (χ3v) is 12.3. The van der Waals surface area contributed by atoms with Gasteiger partial charge in [-0.2, -0.15) is 23.3 Å². The van der Waals surface area contributed by atoms with Crippen LogP contribution in [0.25, 0.3) is 32.9 Å². The molecule has 0 bridgehead atoms. The van der Waals surface area contributed by atoms with Gasteiger partial charge in [-0.1, -0.05) is 26.5 Å². The van der Waals surface area contributed by atoms with E-state index >= 15 is 0 Å². The van der Waals surface area contributed by atoms with Crippen molar-refractivity contribution in [2.24, 2.45) is 10.8 Å². The van der Waals surface area contributed by atoms with Crippen molar-refractivity contribution in [3.63, 3.8) is 0 Å². The van der Waals surface area contributed by atoms with Crippen molar-refractivity contribution in [2.75, 3.05) is 68.8 Å². The van der Waals surface area contributed by atoms with E-state index in [1.807, 2.05) is 24.0 Å². The summed E-state index contributed by atoms with van der Waals surface area (Å²) < 4.78 is 48.4. The Bertz CT molecular complexity index is 2100. The minimum Gasteiger partial charge on any atom is -0.481 e. The Labute approximate surface area is 307 Å². The molecule has 5 fully saturated rings. The van der Waals surface area contributed by atoms with E-state index in [4.69, 9.17) is 14.7 Å². The topological polar surface area (TPSA) is 93.7 Å². The molecule has 5 aliphatic rings. The van der Waals surface area contributed by atoms with Crippen LogP contribution < -0.4 is 14.5 Å². The molecule has 4 aliphatic heterocycles. The summed E-state index contributed by atoms with van der Waals surface area (Å²) in [5.74, 6) is 1.59. The number of likely N-dealkylation sites (tertiary alicyclic amines) is 2. The maximum Gasteiger partial charge on any atom is 0.422 e. The van der Waals surface area contributed by atoms with Crippen LogP contribution in [-0.2, 0) is 4.79 Å². The van der Waals surface area contributed by atoms with Crippen molar-refractivity contribution in [3.05, 3.63) is 48.2 Å². The highest BCUT2D eigenvalue weighted by Gasteiger charge is 2.47. The van der Waals surface area contributed by atoms with E-state index in [-0.39, 0.29) is 23.0 Å². The summed E-state index contributed by atoms with van der Waals surface area (Å²) in [5.41, 5.74) is 4.97. The van der Waals surface area contributed by atoms with E-state index in [2.05, 4.69) is 51.4 Å². The van der Waals surface area contributed by atoms with Crippen LogP contribution in [0.3, 0.4) is 0 Å². The van der Waals surface area contributed by atoms with E-state index in [1.165, 1.54) is 6.08 Å². The van der Waals surface area contributed by atoms with Crippen LogP contribution in [0.1, 0.15) is 63.0 Å². The lowest BCUT2D eigenvalue weighted by molar-refractivity contribution is -0.153. The molecule has 280 valence electrons. The molecule has 1 spiro atoms. The second kappa shape index (κ2) is 12.3. The largest absolute Gasteiger partial charge is 0.481 e. The number of carbonyl (C=O) groups is 1. The summed E-state index contributed by atoms with van der Waals surface area (Å²) in [6.07, 6.45) is 3.21. The number of amides is 1. The normalized spacial score (nSPS) is 22.8. The molecule has 1 aliphatic carbocycles. The average molecular weight is 729 g/mol. The molecule has 6 heterocycles. The van der Waals surface area contributed by atoms with Crippen LogP contribution in [0.5, 0.6) is 5.75 Å². The number of aromatic nitrogens is 4. The Morgan fingerprint density at radius 1 is 1.02 bits per heavy atom. The smallest absolute Gasteiger partial charge is 0.422 e. The summed E-state index contributed by atoms with van der Waals surface area (Å²) in [4.78, 5) is 31.6. The molecule has 10 nitrogen and oxygen atoms in total. The van der Waals surface area contributed by atoms with Crippen molar-refractivity contribution in [2.45, 2.75) is 71.0 Å². The average Bonchev–Trinajstić information content (AvgIpc) is 3.63. The van der Waals surface area contributed by atoms with Crippen LogP contribution in [0.15, 0.2) is 37.1 Å². The Hall–Kier alpha value is -4.39. The Morgan fingerprint density at radius 3 is 2.45 bits per heavy atom. The highest BCUT2D eigenvalue weighted by atomic mass is 19.4. The van der Waals surface area contributed by atoms with Crippen LogP contribution in [0.4, 0.5) is 24.9 Å². The number of ether oxygens (including phenoxy) is 1. The van der Waals surface area contributed by atoms with Gasteiger partial charge in [0.15, 0.2) is 12.4 Å². The van der Waals surface area contributed by atoms with Crippen molar-refractivity contribution in [1.29, 1.82) is 0 Å². The molecule has 2 aromatic heterocycles. The molecule has 1 saturated carbocycles. The minimum absolute atomic E-state index is 0.0358. The number of aromatic amines is 1. The summed E-state index contributed by atoms with van der Waals surface area (Å²) in [7, 11) is 0. The van der Waals surface area contributed by atoms with Crippen molar-refractivity contribution < 1.29 is 22.7 Å². The lowest BCUT2D eigenvalue weighted by Crippen LogP contribution is -2.61. The highest BCUT2D eigenvalue weighted by molar-refractivity contribution is 6.06. The van der Waals surface area contributed by atoms with Gasteiger partial charge in [0.2, 0.25) is 11.9 Å². The first-order valence-electron chi connectivity index (χ1n) is 19.0. The summed E-state index contributed by atoms with van der Waals surface area (Å²) in [6.45, 7) is 15.3. The molecule has 2 aromatic carbocycles. The lowest BCUT2D eigenvalue weighted by Gasteiger charge is -2.54. The third kappa shape index (κ3) is 6.18. The maximum atomic E-state index is 14.1. The zero-order valence-corrected chi connectivity index (χ0v) is 30.7. The Balaban J connectivity index is 1.19. The van der Waals surface area contributed by atoms with Crippen molar-refractivity contribution in [1.82, 2.24) is 30.0 Å². The number of alkyl halides is 3. The van der Waals surface area contributed by atoms with Gasteiger partial charge in [0.1, 0.15) is 11.3 Å². The molecular formula is C40H47F3N8O2. The fourth-order valence-corrected chi connectivity index (χ4v) is 9.43. The van der Waals surface area contributed by atoms with Crippen LogP contribution in [0, 0.1) is 17.8 Å². The predicted octanol–water partition coefficient (Wildman–Crippen LogP) is 6.84. The first kappa shape index (κ1) is 34.4. The minimum atomic E-state index is -4.55. The van der Waals surface area contributed by atoms with E-state index < -0.39 is 12.8 Å². The van der Waals surface area contributed by atoms with Gasteiger partial charge in [-0.3, -0.25) is 14.8 Å². The molecule has 9 rings (SSSR count). The number of piperidine rings is 1. The molecule has 4 saturated heterocycles. The Kier molecular flexibility index (Phi) is 8.00. The number of anilines is 2. The number of aryl methyl sites for hydroxylation is 1. The van der Waals surface area contributed by atoms with Crippen molar-refractivity contribution >= 4 is 39.5 Å². The zero-order valence-electron chi connectivity index (χ0n) is 30.7. The van der Waals surface area contributed by atoms with Gasteiger partial charge in [0.05, 0.1) is 11.7 Å². The fourth-order valence-electron chi connectivity index (χ4n) is 9.43. The molecule has 4 aromatic rings. The molecule has 13 heteroatoms. The van der Waals surface area contributed by atoms with Gasteiger partial charge in [-0.25, -0.2) is 4.98 Å². The number of hydrogen-bond acceptors (Lipinski definition) is 8. The number of nitrogens with one attached hydrogen (secondary N) is 1. The Morgan fingerprint density at radius 2 is 1.77 bits per heavy atom. The third-order valence-electron chi connectivity index (χ3n) is 12.3. The quantitative estimate of drug-likeness (QED) is 0.198.